The smallest absolute Gasteiger partial charge is 0.00143 e. The Morgan fingerprint density at radius 3 is 0.932 bits per heavy atom. The van der Waals surface area contributed by atoms with E-state index in [0.29, 0.717) is 0 Å². The summed E-state index contributed by atoms with van der Waals surface area (Å²) < 4.78 is 0. The molecule has 0 atom stereocenters. The van der Waals surface area contributed by atoms with E-state index in [4.69, 9.17) is 0 Å². The van der Waals surface area contributed by atoms with Crippen LogP contribution in [0.4, 0.5) is 0 Å². The van der Waals surface area contributed by atoms with Crippen molar-refractivity contribution in [3.05, 3.63) is 182 Å². The van der Waals surface area contributed by atoms with E-state index in [0.717, 1.165) is 0 Å². The molecule has 0 fully saturated rings. The maximum atomic E-state index is 2.30. The van der Waals surface area contributed by atoms with Crippen molar-refractivity contribution in [3.8, 4) is 55.6 Å². The van der Waals surface area contributed by atoms with Crippen LogP contribution in [0.1, 0.15) is 0 Å². The topological polar surface area (TPSA) is 0 Å². The Morgan fingerprint density at radius 2 is 0.523 bits per heavy atom. The highest BCUT2D eigenvalue weighted by Gasteiger charge is 2.19. The number of fused-ring (bicyclic) bond motifs is 2. The normalized spacial score (nSPS) is 11.2. The van der Waals surface area contributed by atoms with Crippen molar-refractivity contribution in [2.45, 2.75) is 0 Å². The zero-order chi connectivity index (χ0) is 29.3. The van der Waals surface area contributed by atoms with Gasteiger partial charge in [0, 0.05) is 0 Å². The van der Waals surface area contributed by atoms with E-state index < -0.39 is 0 Å². The van der Waals surface area contributed by atoms with Crippen molar-refractivity contribution < 1.29 is 0 Å². The van der Waals surface area contributed by atoms with Gasteiger partial charge in [-0.2, -0.15) is 0 Å². The first-order valence-electron chi connectivity index (χ1n) is 15.2. The van der Waals surface area contributed by atoms with Gasteiger partial charge in [-0.25, -0.2) is 0 Å². The molecule has 0 radical (unpaired) electrons. The third-order valence-corrected chi connectivity index (χ3v) is 8.71. The van der Waals surface area contributed by atoms with Crippen LogP contribution in [0.25, 0.3) is 77.2 Å². The Bertz CT molecular complexity index is 2060. The summed E-state index contributed by atoms with van der Waals surface area (Å²) >= 11 is 0. The molecule has 0 aliphatic rings. The number of rotatable bonds is 5. The highest BCUT2D eigenvalue weighted by Crippen LogP contribution is 2.46. The second-order valence-corrected chi connectivity index (χ2v) is 11.3. The molecule has 206 valence electrons. The molecular weight excluding hydrogens is 528 g/mol. The van der Waals surface area contributed by atoms with Crippen LogP contribution in [0.3, 0.4) is 0 Å². The standard InChI is InChI=1S/C44H30/c1-3-11-31(12-4-1)33-19-23-37(24-20-33)41-29-27-35-15-7-9-17-39(35)43(41)44-40-18-10-8-16-36(40)28-30-42(44)38-25-21-34(22-26-38)32-13-5-2-6-14-32/h1-30H. The second kappa shape index (κ2) is 11.2. The first-order valence-corrected chi connectivity index (χ1v) is 15.2. The number of benzene rings is 8. The van der Waals surface area contributed by atoms with Gasteiger partial charge in [0.25, 0.3) is 0 Å². The van der Waals surface area contributed by atoms with Gasteiger partial charge < -0.3 is 0 Å². The Hall–Kier alpha value is -5.72. The van der Waals surface area contributed by atoms with Gasteiger partial charge in [0.15, 0.2) is 0 Å². The molecule has 44 heavy (non-hydrogen) atoms. The molecule has 0 bridgehead atoms. The van der Waals surface area contributed by atoms with E-state index in [1.165, 1.54) is 77.2 Å². The summed E-state index contributed by atoms with van der Waals surface area (Å²) in [6.07, 6.45) is 0. The van der Waals surface area contributed by atoms with Crippen molar-refractivity contribution in [2.24, 2.45) is 0 Å². The van der Waals surface area contributed by atoms with Crippen LogP contribution < -0.4 is 0 Å². The van der Waals surface area contributed by atoms with Crippen LogP contribution in [0.2, 0.25) is 0 Å². The van der Waals surface area contributed by atoms with Crippen LogP contribution in [0, 0.1) is 0 Å². The summed E-state index contributed by atoms with van der Waals surface area (Å²) in [5.74, 6) is 0. The predicted molar refractivity (Wildman–Crippen MR) is 189 cm³/mol. The molecule has 0 nitrogen and oxygen atoms in total. The number of hydrogen-bond donors (Lipinski definition) is 0. The Balaban J connectivity index is 1.37. The fourth-order valence-corrected chi connectivity index (χ4v) is 6.51. The molecule has 8 rings (SSSR count). The first kappa shape index (κ1) is 25.9. The van der Waals surface area contributed by atoms with Crippen molar-refractivity contribution in [3.63, 3.8) is 0 Å². The molecule has 0 aromatic heterocycles. The van der Waals surface area contributed by atoms with Crippen LogP contribution in [-0.4, -0.2) is 0 Å². The van der Waals surface area contributed by atoms with Gasteiger partial charge in [0.05, 0.1) is 0 Å². The van der Waals surface area contributed by atoms with Crippen LogP contribution in [0.15, 0.2) is 182 Å². The lowest BCUT2D eigenvalue weighted by atomic mass is 9.83. The van der Waals surface area contributed by atoms with Crippen molar-refractivity contribution in [1.29, 1.82) is 0 Å². The monoisotopic (exact) mass is 558 g/mol. The highest BCUT2D eigenvalue weighted by molar-refractivity contribution is 6.14. The van der Waals surface area contributed by atoms with Crippen LogP contribution in [0.5, 0.6) is 0 Å². The minimum absolute atomic E-state index is 1.21. The predicted octanol–water partition coefficient (Wildman–Crippen LogP) is 12.3. The molecule has 8 aromatic carbocycles. The summed E-state index contributed by atoms with van der Waals surface area (Å²) in [4.78, 5) is 0. The molecule has 0 amide bonds. The largest absolute Gasteiger partial charge is 0.0622 e. The van der Waals surface area contributed by atoms with E-state index in [2.05, 4.69) is 182 Å². The third kappa shape index (κ3) is 4.68. The lowest BCUT2D eigenvalue weighted by Crippen LogP contribution is -1.93. The van der Waals surface area contributed by atoms with Gasteiger partial charge in [-0.1, -0.05) is 182 Å². The molecule has 0 aliphatic carbocycles. The lowest BCUT2D eigenvalue weighted by molar-refractivity contribution is 1.58. The molecule has 0 saturated heterocycles. The van der Waals surface area contributed by atoms with Crippen molar-refractivity contribution in [1.82, 2.24) is 0 Å². The zero-order valence-corrected chi connectivity index (χ0v) is 24.3. The Kier molecular flexibility index (Phi) is 6.59. The van der Waals surface area contributed by atoms with E-state index in [1.807, 2.05) is 0 Å². The van der Waals surface area contributed by atoms with Crippen molar-refractivity contribution in [2.75, 3.05) is 0 Å². The van der Waals surface area contributed by atoms with Gasteiger partial charge in [0.2, 0.25) is 0 Å². The van der Waals surface area contributed by atoms with Gasteiger partial charge in [-0.3, -0.25) is 0 Å². The van der Waals surface area contributed by atoms with Gasteiger partial charge in [0.1, 0.15) is 0 Å². The van der Waals surface area contributed by atoms with Gasteiger partial charge in [-0.05, 0) is 77.2 Å². The van der Waals surface area contributed by atoms with E-state index >= 15 is 0 Å². The van der Waals surface area contributed by atoms with Gasteiger partial charge in [-0.15, -0.1) is 0 Å². The molecular formula is C44H30. The summed E-state index contributed by atoms with van der Waals surface area (Å²) in [6.45, 7) is 0. The molecule has 0 unspecified atom stereocenters. The van der Waals surface area contributed by atoms with Gasteiger partial charge >= 0.3 is 0 Å². The van der Waals surface area contributed by atoms with Crippen LogP contribution >= 0.6 is 0 Å². The summed E-state index contributed by atoms with van der Waals surface area (Å²) in [5, 5.41) is 5.00. The third-order valence-electron chi connectivity index (χ3n) is 8.71. The maximum Gasteiger partial charge on any atom is -0.00143 e. The minimum Gasteiger partial charge on any atom is -0.0622 e. The number of hydrogen-bond acceptors (Lipinski definition) is 0. The Labute approximate surface area is 258 Å². The second-order valence-electron chi connectivity index (χ2n) is 11.3. The Morgan fingerprint density at radius 1 is 0.205 bits per heavy atom. The fraction of sp³-hybridized carbons (Fsp3) is 0. The summed E-state index contributed by atoms with van der Waals surface area (Å²) in [7, 11) is 0. The molecule has 0 aliphatic heterocycles. The average Bonchev–Trinajstić information content (AvgIpc) is 3.12. The van der Waals surface area contributed by atoms with E-state index in [9.17, 15) is 0 Å². The lowest BCUT2D eigenvalue weighted by Gasteiger charge is -2.20. The summed E-state index contributed by atoms with van der Waals surface area (Å²) in [6, 6.07) is 66.0. The molecule has 0 heterocycles. The maximum absolute atomic E-state index is 2.30. The average molecular weight is 559 g/mol. The molecule has 0 heteroatoms. The van der Waals surface area contributed by atoms with Crippen LogP contribution in [-0.2, 0) is 0 Å². The molecule has 0 N–H and O–H groups in total. The SMILES string of the molecule is c1ccc(-c2ccc(-c3ccc4ccccc4c3-c3c(-c4ccc(-c5ccccc5)cc4)ccc4ccccc34)cc2)cc1. The van der Waals surface area contributed by atoms with Crippen molar-refractivity contribution >= 4 is 21.5 Å². The summed E-state index contributed by atoms with van der Waals surface area (Å²) in [5.41, 5.74) is 12.4. The van der Waals surface area contributed by atoms with E-state index in [1.54, 1.807) is 0 Å². The molecule has 0 spiro atoms. The van der Waals surface area contributed by atoms with E-state index in [-0.39, 0.29) is 0 Å². The first-order chi connectivity index (χ1) is 21.8. The zero-order valence-electron chi connectivity index (χ0n) is 24.3. The molecule has 0 saturated carbocycles. The fourth-order valence-electron chi connectivity index (χ4n) is 6.51. The minimum atomic E-state index is 1.21. The quantitative estimate of drug-likeness (QED) is 0.197. The highest BCUT2D eigenvalue weighted by atomic mass is 14.2. The molecule has 8 aromatic rings.